The van der Waals surface area contributed by atoms with Gasteiger partial charge in [0.25, 0.3) is 5.91 Å². The zero-order chi connectivity index (χ0) is 17.1. The van der Waals surface area contributed by atoms with Gasteiger partial charge in [-0.3, -0.25) is 4.79 Å². The van der Waals surface area contributed by atoms with E-state index in [-0.39, 0.29) is 11.9 Å². The molecule has 1 amide bonds. The second-order valence-corrected chi connectivity index (χ2v) is 5.60. The van der Waals surface area contributed by atoms with Crippen molar-refractivity contribution in [1.82, 2.24) is 14.9 Å². The van der Waals surface area contributed by atoms with E-state index in [9.17, 15) is 4.79 Å². The molecule has 1 aromatic heterocycles. The Hall–Kier alpha value is -2.82. The third kappa shape index (κ3) is 2.85. The van der Waals surface area contributed by atoms with Crippen LogP contribution in [0.2, 0.25) is 0 Å². The van der Waals surface area contributed by atoms with Crippen LogP contribution >= 0.6 is 0 Å². The van der Waals surface area contributed by atoms with E-state index in [4.69, 9.17) is 4.74 Å². The highest BCUT2D eigenvalue weighted by Crippen LogP contribution is 2.22. The van der Waals surface area contributed by atoms with Gasteiger partial charge < -0.3 is 14.6 Å². The number of amides is 1. The molecule has 0 saturated carbocycles. The number of imidazole rings is 1. The van der Waals surface area contributed by atoms with E-state index in [1.165, 1.54) is 0 Å². The first kappa shape index (κ1) is 16.1. The number of aromatic nitrogens is 2. The lowest BCUT2D eigenvalue weighted by atomic mass is 10.1. The molecular formula is C19H21N3O2. The first-order valence-corrected chi connectivity index (χ1v) is 8.04. The van der Waals surface area contributed by atoms with Crippen molar-refractivity contribution in [2.45, 2.75) is 26.4 Å². The number of benzene rings is 2. The smallest absolute Gasteiger partial charge is 0.255 e. The molecular weight excluding hydrogens is 302 g/mol. The van der Waals surface area contributed by atoms with Crippen LogP contribution in [-0.4, -0.2) is 22.6 Å². The first-order valence-electron chi connectivity index (χ1n) is 8.04. The summed E-state index contributed by atoms with van der Waals surface area (Å²) in [7, 11) is 1.56. The normalized spacial score (nSPS) is 12.1. The van der Waals surface area contributed by atoms with Crippen LogP contribution in [0.1, 0.15) is 36.1 Å². The lowest BCUT2D eigenvalue weighted by Gasteiger charge is -2.16. The van der Waals surface area contributed by atoms with Crippen molar-refractivity contribution in [3.8, 4) is 5.75 Å². The molecule has 1 unspecified atom stereocenters. The van der Waals surface area contributed by atoms with Gasteiger partial charge in [-0.2, -0.15) is 0 Å². The lowest BCUT2D eigenvalue weighted by molar-refractivity contribution is 0.0934. The zero-order valence-corrected chi connectivity index (χ0v) is 14.1. The van der Waals surface area contributed by atoms with Crippen molar-refractivity contribution in [1.29, 1.82) is 0 Å². The van der Waals surface area contributed by atoms with E-state index in [1.54, 1.807) is 19.2 Å². The molecule has 2 aromatic carbocycles. The van der Waals surface area contributed by atoms with Gasteiger partial charge in [0, 0.05) is 6.54 Å². The van der Waals surface area contributed by atoms with Crippen molar-refractivity contribution in [3.05, 3.63) is 59.9 Å². The van der Waals surface area contributed by atoms with E-state index in [1.807, 2.05) is 43.3 Å². The third-order valence-corrected chi connectivity index (χ3v) is 4.09. The second-order valence-electron chi connectivity index (χ2n) is 5.60. The second kappa shape index (κ2) is 6.74. The number of rotatable bonds is 5. The standard InChI is InChI=1S/C19H21N3O2/c1-4-22-16-11-7-6-10-15(16)21-18(22)13(2)20-19(23)14-9-5-8-12-17(14)24-3/h5-13H,4H2,1-3H3,(H,20,23). The fraction of sp³-hybridized carbons (Fsp3) is 0.263. The Kier molecular flexibility index (Phi) is 4.51. The molecule has 24 heavy (non-hydrogen) atoms. The number of hydrogen-bond acceptors (Lipinski definition) is 3. The van der Waals surface area contributed by atoms with Crippen molar-refractivity contribution in [2.24, 2.45) is 0 Å². The van der Waals surface area contributed by atoms with Gasteiger partial charge in [-0.25, -0.2) is 4.98 Å². The number of ether oxygens (including phenoxy) is 1. The fourth-order valence-electron chi connectivity index (χ4n) is 2.93. The van der Waals surface area contributed by atoms with E-state index in [2.05, 4.69) is 21.8 Å². The summed E-state index contributed by atoms with van der Waals surface area (Å²) in [4.78, 5) is 17.3. The average Bonchev–Trinajstić information content (AvgIpc) is 3.00. The highest BCUT2D eigenvalue weighted by molar-refractivity contribution is 5.97. The molecule has 0 saturated heterocycles. The first-order chi connectivity index (χ1) is 11.7. The molecule has 1 N–H and O–H groups in total. The number of aryl methyl sites for hydroxylation is 1. The van der Waals surface area contributed by atoms with Crippen molar-refractivity contribution < 1.29 is 9.53 Å². The number of methoxy groups -OCH3 is 1. The number of hydrogen-bond donors (Lipinski definition) is 1. The molecule has 5 heteroatoms. The number of nitrogens with one attached hydrogen (secondary N) is 1. The van der Waals surface area contributed by atoms with E-state index < -0.39 is 0 Å². The van der Waals surface area contributed by atoms with Crippen LogP contribution < -0.4 is 10.1 Å². The summed E-state index contributed by atoms with van der Waals surface area (Å²) in [6, 6.07) is 15.0. The van der Waals surface area contributed by atoms with Crippen LogP contribution in [0.3, 0.4) is 0 Å². The Labute approximate surface area is 141 Å². The van der Waals surface area contributed by atoms with Crippen molar-refractivity contribution in [2.75, 3.05) is 7.11 Å². The number of carbonyl (C=O) groups is 1. The molecule has 1 atom stereocenters. The Bertz CT molecular complexity index is 870. The summed E-state index contributed by atoms with van der Waals surface area (Å²) in [5.74, 6) is 1.24. The van der Waals surface area contributed by atoms with Crippen molar-refractivity contribution in [3.63, 3.8) is 0 Å². The maximum absolute atomic E-state index is 12.6. The van der Waals surface area contributed by atoms with Gasteiger partial charge in [0.15, 0.2) is 0 Å². The van der Waals surface area contributed by atoms with Crippen LogP contribution in [-0.2, 0) is 6.54 Å². The molecule has 3 rings (SSSR count). The molecule has 0 spiro atoms. The van der Waals surface area contributed by atoms with E-state index in [0.29, 0.717) is 11.3 Å². The summed E-state index contributed by atoms with van der Waals surface area (Å²) in [5, 5.41) is 3.02. The summed E-state index contributed by atoms with van der Waals surface area (Å²) in [6.07, 6.45) is 0. The molecule has 0 aliphatic heterocycles. The molecule has 5 nitrogen and oxygen atoms in total. The van der Waals surface area contributed by atoms with E-state index >= 15 is 0 Å². The maximum atomic E-state index is 12.6. The minimum Gasteiger partial charge on any atom is -0.496 e. The predicted octanol–water partition coefficient (Wildman–Crippen LogP) is 3.56. The molecule has 0 aliphatic carbocycles. The molecule has 124 valence electrons. The van der Waals surface area contributed by atoms with Crippen LogP contribution in [0.5, 0.6) is 5.75 Å². The van der Waals surface area contributed by atoms with Gasteiger partial charge in [-0.15, -0.1) is 0 Å². The van der Waals surface area contributed by atoms with E-state index in [0.717, 1.165) is 23.4 Å². The minimum absolute atomic E-state index is 0.172. The molecule has 0 aliphatic rings. The number of carbonyl (C=O) groups excluding carboxylic acids is 1. The quantitative estimate of drug-likeness (QED) is 0.781. The topological polar surface area (TPSA) is 56.2 Å². The van der Waals surface area contributed by atoms with Gasteiger partial charge in [0.1, 0.15) is 11.6 Å². The third-order valence-electron chi connectivity index (χ3n) is 4.09. The highest BCUT2D eigenvalue weighted by Gasteiger charge is 2.19. The Morgan fingerprint density at radius 3 is 2.67 bits per heavy atom. The van der Waals surface area contributed by atoms with Gasteiger partial charge in [0.2, 0.25) is 0 Å². The minimum atomic E-state index is -0.213. The monoisotopic (exact) mass is 323 g/mol. The number of nitrogens with zero attached hydrogens (tertiary/aromatic N) is 2. The zero-order valence-electron chi connectivity index (χ0n) is 14.1. The molecule has 0 radical (unpaired) electrons. The Morgan fingerprint density at radius 1 is 1.21 bits per heavy atom. The SMILES string of the molecule is CCn1c(C(C)NC(=O)c2ccccc2OC)nc2ccccc21. The molecule has 3 aromatic rings. The number of para-hydroxylation sites is 3. The predicted molar refractivity (Wildman–Crippen MR) is 94.3 cm³/mol. The highest BCUT2D eigenvalue weighted by atomic mass is 16.5. The molecule has 0 fully saturated rings. The van der Waals surface area contributed by atoms with Crippen LogP contribution in [0.4, 0.5) is 0 Å². The van der Waals surface area contributed by atoms with Gasteiger partial charge in [-0.1, -0.05) is 24.3 Å². The Morgan fingerprint density at radius 2 is 1.92 bits per heavy atom. The molecule has 0 bridgehead atoms. The summed E-state index contributed by atoms with van der Waals surface area (Å²) in [5.41, 5.74) is 2.53. The maximum Gasteiger partial charge on any atom is 0.255 e. The summed E-state index contributed by atoms with van der Waals surface area (Å²) < 4.78 is 7.39. The van der Waals surface area contributed by atoms with Crippen LogP contribution in [0.15, 0.2) is 48.5 Å². The van der Waals surface area contributed by atoms with Crippen molar-refractivity contribution >= 4 is 16.9 Å². The lowest BCUT2D eigenvalue weighted by Crippen LogP contribution is -2.29. The van der Waals surface area contributed by atoms with Gasteiger partial charge in [0.05, 0.1) is 29.7 Å². The van der Waals surface area contributed by atoms with Gasteiger partial charge in [-0.05, 0) is 38.1 Å². The van der Waals surface area contributed by atoms with Gasteiger partial charge >= 0.3 is 0 Å². The summed E-state index contributed by atoms with van der Waals surface area (Å²) >= 11 is 0. The average molecular weight is 323 g/mol. The fourth-order valence-corrected chi connectivity index (χ4v) is 2.93. The van der Waals surface area contributed by atoms with Crippen LogP contribution in [0, 0.1) is 0 Å². The summed E-state index contributed by atoms with van der Waals surface area (Å²) in [6.45, 7) is 4.82. The molecule has 1 heterocycles. The largest absolute Gasteiger partial charge is 0.496 e. The van der Waals surface area contributed by atoms with Crippen LogP contribution in [0.25, 0.3) is 11.0 Å². The Balaban J connectivity index is 1.90. The number of fused-ring (bicyclic) bond motifs is 1.